The second-order valence-corrected chi connectivity index (χ2v) is 7.56. The number of halogens is 1. The molecule has 0 spiro atoms. The summed E-state index contributed by atoms with van der Waals surface area (Å²) in [5.41, 5.74) is 2.79. The van der Waals surface area contributed by atoms with E-state index >= 15 is 0 Å². The molecule has 4 rings (SSSR count). The summed E-state index contributed by atoms with van der Waals surface area (Å²) in [6.07, 6.45) is 3.66. The van der Waals surface area contributed by atoms with E-state index in [1.807, 2.05) is 48.4 Å². The highest BCUT2D eigenvalue weighted by Crippen LogP contribution is 2.14. The zero-order chi connectivity index (χ0) is 20.2. The van der Waals surface area contributed by atoms with Crippen molar-refractivity contribution in [1.82, 2.24) is 30.1 Å². The largest absolute Gasteiger partial charge is 0.361 e. The standard InChI is InChI=1S/C20H23ClN6O2/c1-15-10-18(24-29-15)14-25-6-8-26(9-7-25)20(28)22-11-16-12-23-27(13-16)19-4-2-17(21)3-5-19/h2-5,10,12-13H,6-9,11,14H2,1H3,(H,22,28). The highest BCUT2D eigenvalue weighted by atomic mass is 35.5. The third-order valence-electron chi connectivity index (χ3n) is 4.89. The van der Waals surface area contributed by atoms with Gasteiger partial charge < -0.3 is 14.7 Å². The molecule has 8 nitrogen and oxygen atoms in total. The number of carbonyl (C=O) groups is 1. The first kappa shape index (κ1) is 19.5. The molecule has 1 aromatic carbocycles. The maximum Gasteiger partial charge on any atom is 0.317 e. The average Bonchev–Trinajstić information content (AvgIpc) is 3.36. The van der Waals surface area contributed by atoms with Crippen molar-refractivity contribution in [2.24, 2.45) is 0 Å². The fourth-order valence-corrected chi connectivity index (χ4v) is 3.43. The molecule has 0 radical (unpaired) electrons. The molecule has 0 unspecified atom stereocenters. The second-order valence-electron chi connectivity index (χ2n) is 7.12. The molecule has 0 aliphatic carbocycles. The summed E-state index contributed by atoms with van der Waals surface area (Å²) in [6.45, 7) is 6.07. The number of hydrogen-bond acceptors (Lipinski definition) is 5. The van der Waals surface area contributed by atoms with Gasteiger partial charge in [-0.05, 0) is 31.2 Å². The summed E-state index contributed by atoms with van der Waals surface area (Å²) < 4.78 is 6.88. The van der Waals surface area contributed by atoms with Crippen LogP contribution in [0.1, 0.15) is 17.0 Å². The number of nitrogens with zero attached hydrogens (tertiary/aromatic N) is 5. The Kier molecular flexibility index (Phi) is 5.82. The van der Waals surface area contributed by atoms with E-state index in [2.05, 4.69) is 20.5 Å². The smallest absolute Gasteiger partial charge is 0.317 e. The molecule has 0 bridgehead atoms. The lowest BCUT2D eigenvalue weighted by molar-refractivity contribution is 0.133. The van der Waals surface area contributed by atoms with Gasteiger partial charge in [0.1, 0.15) is 5.76 Å². The Bertz CT molecular complexity index is 960. The Labute approximate surface area is 174 Å². The number of urea groups is 1. The number of nitrogens with one attached hydrogen (secondary N) is 1. The minimum Gasteiger partial charge on any atom is -0.361 e. The molecule has 1 aliphatic rings. The monoisotopic (exact) mass is 414 g/mol. The van der Waals surface area contributed by atoms with Gasteiger partial charge in [-0.3, -0.25) is 4.90 Å². The Morgan fingerprint density at radius 3 is 2.66 bits per heavy atom. The van der Waals surface area contributed by atoms with Gasteiger partial charge in [-0.2, -0.15) is 5.10 Å². The van der Waals surface area contributed by atoms with E-state index in [-0.39, 0.29) is 6.03 Å². The van der Waals surface area contributed by atoms with Crippen molar-refractivity contribution < 1.29 is 9.32 Å². The SMILES string of the molecule is Cc1cc(CN2CCN(C(=O)NCc3cnn(-c4ccc(Cl)cc4)c3)CC2)no1. The highest BCUT2D eigenvalue weighted by molar-refractivity contribution is 6.30. The maximum atomic E-state index is 12.5. The predicted octanol–water partition coefficient (Wildman–Crippen LogP) is 2.85. The van der Waals surface area contributed by atoms with Crippen LogP contribution in [-0.2, 0) is 13.1 Å². The molecule has 1 fully saturated rings. The van der Waals surface area contributed by atoms with Crippen LogP contribution in [0.2, 0.25) is 5.02 Å². The first-order valence-electron chi connectivity index (χ1n) is 9.53. The van der Waals surface area contributed by atoms with Crippen molar-refractivity contribution in [2.45, 2.75) is 20.0 Å². The fraction of sp³-hybridized carbons (Fsp3) is 0.350. The van der Waals surface area contributed by atoms with Crippen molar-refractivity contribution in [3.8, 4) is 5.69 Å². The van der Waals surface area contributed by atoms with Gasteiger partial charge in [0.25, 0.3) is 0 Å². The number of amides is 2. The topological polar surface area (TPSA) is 79.4 Å². The van der Waals surface area contributed by atoms with Crippen molar-refractivity contribution in [1.29, 1.82) is 0 Å². The molecular weight excluding hydrogens is 392 g/mol. The summed E-state index contributed by atoms with van der Waals surface area (Å²) >= 11 is 5.92. The molecule has 0 saturated carbocycles. The first-order valence-corrected chi connectivity index (χ1v) is 9.91. The average molecular weight is 415 g/mol. The number of piperazine rings is 1. The van der Waals surface area contributed by atoms with E-state index in [9.17, 15) is 4.79 Å². The summed E-state index contributed by atoms with van der Waals surface area (Å²) in [5, 5.41) is 12.0. The van der Waals surface area contributed by atoms with Crippen LogP contribution >= 0.6 is 11.6 Å². The van der Waals surface area contributed by atoms with Crippen LogP contribution in [0.3, 0.4) is 0 Å². The van der Waals surface area contributed by atoms with Crippen LogP contribution < -0.4 is 5.32 Å². The third kappa shape index (κ3) is 4.96. The Hall–Kier alpha value is -2.84. The molecule has 2 aromatic heterocycles. The van der Waals surface area contributed by atoms with E-state index < -0.39 is 0 Å². The van der Waals surface area contributed by atoms with E-state index in [0.29, 0.717) is 24.7 Å². The van der Waals surface area contributed by atoms with E-state index in [0.717, 1.165) is 42.3 Å². The predicted molar refractivity (Wildman–Crippen MR) is 109 cm³/mol. The van der Waals surface area contributed by atoms with E-state index in [1.165, 1.54) is 0 Å². The van der Waals surface area contributed by atoms with Crippen molar-refractivity contribution in [3.63, 3.8) is 0 Å². The molecule has 1 saturated heterocycles. The molecular formula is C20H23ClN6O2. The number of hydrogen-bond donors (Lipinski definition) is 1. The molecule has 29 heavy (non-hydrogen) atoms. The van der Waals surface area contributed by atoms with Crippen LogP contribution in [0, 0.1) is 6.92 Å². The lowest BCUT2D eigenvalue weighted by Gasteiger charge is -2.34. The van der Waals surface area contributed by atoms with Crippen molar-refractivity contribution in [2.75, 3.05) is 26.2 Å². The Morgan fingerprint density at radius 2 is 1.97 bits per heavy atom. The summed E-state index contributed by atoms with van der Waals surface area (Å²) in [5.74, 6) is 0.817. The minimum absolute atomic E-state index is 0.0545. The molecule has 3 aromatic rings. The van der Waals surface area contributed by atoms with Crippen molar-refractivity contribution in [3.05, 3.63) is 64.8 Å². The Morgan fingerprint density at radius 1 is 1.21 bits per heavy atom. The van der Waals surface area contributed by atoms with Crippen molar-refractivity contribution >= 4 is 17.6 Å². The van der Waals surface area contributed by atoms with Gasteiger partial charge in [-0.1, -0.05) is 16.8 Å². The highest BCUT2D eigenvalue weighted by Gasteiger charge is 2.21. The number of carbonyl (C=O) groups excluding carboxylic acids is 1. The zero-order valence-electron chi connectivity index (χ0n) is 16.2. The van der Waals surface area contributed by atoms with Gasteiger partial charge in [-0.15, -0.1) is 0 Å². The molecule has 1 aliphatic heterocycles. The normalized spacial score (nSPS) is 14.9. The lowest BCUT2D eigenvalue weighted by atomic mass is 10.3. The number of aryl methyl sites for hydroxylation is 1. The first-order chi connectivity index (χ1) is 14.1. The van der Waals surface area contributed by atoms with Gasteiger partial charge in [0.15, 0.2) is 0 Å². The van der Waals surface area contributed by atoms with Gasteiger partial charge in [0, 0.05) is 62.1 Å². The van der Waals surface area contributed by atoms with Gasteiger partial charge in [-0.25, -0.2) is 9.48 Å². The van der Waals surface area contributed by atoms with Gasteiger partial charge in [0.2, 0.25) is 0 Å². The van der Waals surface area contributed by atoms with E-state index in [4.69, 9.17) is 16.1 Å². The molecule has 0 atom stereocenters. The second kappa shape index (κ2) is 8.67. The Balaban J connectivity index is 1.24. The lowest BCUT2D eigenvalue weighted by Crippen LogP contribution is -2.51. The van der Waals surface area contributed by atoms with Crippen LogP contribution in [-0.4, -0.2) is 56.9 Å². The van der Waals surface area contributed by atoms with Crippen LogP contribution in [0.5, 0.6) is 0 Å². The molecule has 1 N–H and O–H groups in total. The summed E-state index contributed by atoms with van der Waals surface area (Å²) in [4.78, 5) is 16.6. The van der Waals surface area contributed by atoms with Gasteiger partial charge in [0.05, 0.1) is 17.6 Å². The van der Waals surface area contributed by atoms with Gasteiger partial charge >= 0.3 is 6.03 Å². The molecule has 2 amide bonds. The minimum atomic E-state index is -0.0545. The number of aromatic nitrogens is 3. The zero-order valence-corrected chi connectivity index (χ0v) is 17.0. The van der Waals surface area contributed by atoms with Crippen LogP contribution in [0.25, 0.3) is 5.69 Å². The number of rotatable bonds is 5. The number of benzene rings is 1. The fourth-order valence-electron chi connectivity index (χ4n) is 3.31. The van der Waals surface area contributed by atoms with Crippen LogP contribution in [0.15, 0.2) is 47.2 Å². The van der Waals surface area contributed by atoms with Crippen LogP contribution in [0.4, 0.5) is 4.79 Å². The molecule has 152 valence electrons. The van der Waals surface area contributed by atoms with E-state index in [1.54, 1.807) is 10.9 Å². The summed E-state index contributed by atoms with van der Waals surface area (Å²) in [6, 6.07) is 9.34. The quantitative estimate of drug-likeness (QED) is 0.694. The molecule has 9 heteroatoms. The third-order valence-corrected chi connectivity index (χ3v) is 5.14. The summed E-state index contributed by atoms with van der Waals surface area (Å²) in [7, 11) is 0. The molecule has 3 heterocycles. The maximum absolute atomic E-state index is 12.5.